The first kappa shape index (κ1) is 26.0. The van der Waals surface area contributed by atoms with E-state index in [1.165, 1.54) is 18.6 Å². The Morgan fingerprint density at radius 1 is 1.19 bits per heavy atom. The van der Waals surface area contributed by atoms with Gasteiger partial charge in [-0.3, -0.25) is 10.1 Å². The van der Waals surface area contributed by atoms with Crippen LogP contribution >= 0.6 is 11.3 Å². The van der Waals surface area contributed by atoms with E-state index < -0.39 is 29.6 Å². The molecular formula is C22H21F3N6O5S. The summed E-state index contributed by atoms with van der Waals surface area (Å²) in [5.41, 5.74) is -0.0196. The predicted molar refractivity (Wildman–Crippen MR) is 129 cm³/mol. The Morgan fingerprint density at radius 3 is 2.62 bits per heavy atom. The first-order chi connectivity index (χ1) is 17.7. The number of aromatic nitrogens is 2. The highest BCUT2D eigenvalue weighted by Crippen LogP contribution is 2.38. The number of nitrogens with zero attached hydrogens (tertiary/aromatic N) is 3. The smallest absolute Gasteiger partial charge is 0.421 e. The number of morpholine rings is 1. The second-order valence-corrected chi connectivity index (χ2v) is 8.53. The molecule has 0 unspecified atom stereocenters. The van der Waals surface area contributed by atoms with Crippen LogP contribution in [0, 0.1) is 0 Å². The fraction of sp³-hybridized carbons (Fsp3) is 0.273. The Morgan fingerprint density at radius 2 is 1.95 bits per heavy atom. The summed E-state index contributed by atoms with van der Waals surface area (Å²) < 4.78 is 51.9. The number of benzene rings is 1. The Hall–Kier alpha value is -4.11. The molecule has 37 heavy (non-hydrogen) atoms. The largest absolute Gasteiger partial charge is 0.494 e. The lowest BCUT2D eigenvalue weighted by Crippen LogP contribution is -2.36. The van der Waals surface area contributed by atoms with E-state index in [-0.39, 0.29) is 16.5 Å². The number of rotatable bonds is 7. The number of halogens is 3. The minimum absolute atomic E-state index is 0.0265. The molecule has 0 bridgehead atoms. The van der Waals surface area contributed by atoms with Gasteiger partial charge in [0.2, 0.25) is 5.95 Å². The number of nitrogens with one attached hydrogen (secondary N) is 3. The van der Waals surface area contributed by atoms with Gasteiger partial charge in [-0.2, -0.15) is 18.2 Å². The van der Waals surface area contributed by atoms with Crippen molar-refractivity contribution in [3.8, 4) is 5.75 Å². The number of carbonyl (C=O) groups excluding carboxylic acids is 1. The van der Waals surface area contributed by atoms with E-state index in [1.807, 2.05) is 6.07 Å². The molecule has 1 fully saturated rings. The normalized spacial score (nSPS) is 13.7. The van der Waals surface area contributed by atoms with Gasteiger partial charge in [0.15, 0.2) is 0 Å². The molecule has 3 heterocycles. The molecule has 1 aliphatic rings. The van der Waals surface area contributed by atoms with E-state index in [2.05, 4.69) is 25.5 Å². The Bertz CT molecular complexity index is 1300. The maximum absolute atomic E-state index is 13.7. The molecule has 2 aromatic heterocycles. The summed E-state index contributed by atoms with van der Waals surface area (Å²) in [7, 11) is 1.46. The van der Waals surface area contributed by atoms with E-state index in [0.717, 1.165) is 17.0 Å². The van der Waals surface area contributed by atoms with Crippen molar-refractivity contribution in [2.24, 2.45) is 0 Å². The minimum atomic E-state index is -4.81. The third-order valence-electron chi connectivity index (χ3n) is 5.26. The van der Waals surface area contributed by atoms with Crippen molar-refractivity contribution in [2.75, 3.05) is 48.9 Å². The first-order valence-electron chi connectivity index (χ1n) is 10.8. The number of carboxylic acid groups (broad SMARTS) is 1. The second-order valence-electron chi connectivity index (χ2n) is 7.61. The summed E-state index contributed by atoms with van der Waals surface area (Å²) in [5.74, 6) is -1.36. The molecule has 0 radical (unpaired) electrons. The van der Waals surface area contributed by atoms with Gasteiger partial charge in [-0.05, 0) is 23.6 Å². The van der Waals surface area contributed by atoms with Gasteiger partial charge in [-0.1, -0.05) is 0 Å². The lowest BCUT2D eigenvalue weighted by Gasteiger charge is -2.29. The Kier molecular flexibility index (Phi) is 7.63. The molecule has 4 rings (SSSR count). The van der Waals surface area contributed by atoms with E-state index in [1.54, 1.807) is 17.4 Å². The van der Waals surface area contributed by atoms with E-state index in [9.17, 15) is 22.8 Å². The highest BCUT2D eigenvalue weighted by molar-refractivity contribution is 7.14. The molecular weight excluding hydrogens is 517 g/mol. The number of carbonyl (C=O) groups is 2. The van der Waals surface area contributed by atoms with Crippen LogP contribution in [0.5, 0.6) is 5.75 Å². The van der Waals surface area contributed by atoms with Gasteiger partial charge >= 0.3 is 12.3 Å². The van der Waals surface area contributed by atoms with E-state index >= 15 is 0 Å². The van der Waals surface area contributed by atoms with Crippen molar-refractivity contribution in [3.05, 3.63) is 47.0 Å². The van der Waals surface area contributed by atoms with Crippen molar-refractivity contribution in [1.29, 1.82) is 0 Å². The van der Waals surface area contributed by atoms with Crippen LogP contribution in [0.4, 0.5) is 46.1 Å². The van der Waals surface area contributed by atoms with E-state index in [4.69, 9.17) is 14.6 Å². The zero-order chi connectivity index (χ0) is 26.6. The molecule has 1 aromatic carbocycles. The molecule has 0 atom stereocenters. The summed E-state index contributed by atoms with van der Waals surface area (Å²) in [5, 5.41) is 17.2. The maximum Gasteiger partial charge on any atom is 0.421 e. The van der Waals surface area contributed by atoms with Crippen LogP contribution in [0.25, 0.3) is 0 Å². The van der Waals surface area contributed by atoms with Crippen LogP contribution in [0.3, 0.4) is 0 Å². The quantitative estimate of drug-likeness (QED) is 0.345. The molecule has 196 valence electrons. The van der Waals surface area contributed by atoms with Crippen molar-refractivity contribution < 1.29 is 37.3 Å². The van der Waals surface area contributed by atoms with Crippen LogP contribution in [0.1, 0.15) is 15.9 Å². The number of amides is 2. The summed E-state index contributed by atoms with van der Waals surface area (Å²) >= 11 is 0.904. The number of thiophene rings is 1. The molecule has 3 aromatic rings. The molecule has 1 aliphatic heterocycles. The van der Waals surface area contributed by atoms with Crippen LogP contribution in [-0.2, 0) is 10.9 Å². The van der Waals surface area contributed by atoms with Gasteiger partial charge in [0.25, 0.3) is 5.91 Å². The molecule has 4 N–H and O–H groups in total. The summed E-state index contributed by atoms with van der Waals surface area (Å²) in [6.07, 6.45) is -5.80. The number of anilines is 5. The predicted octanol–water partition coefficient (Wildman–Crippen LogP) is 4.30. The number of hydrogen-bond donors (Lipinski definition) is 4. The molecule has 0 saturated carbocycles. The van der Waals surface area contributed by atoms with Crippen molar-refractivity contribution in [2.45, 2.75) is 6.18 Å². The molecule has 0 spiro atoms. The fourth-order valence-electron chi connectivity index (χ4n) is 3.52. The maximum atomic E-state index is 13.7. The Labute approximate surface area is 212 Å². The Balaban J connectivity index is 1.63. The van der Waals surface area contributed by atoms with Gasteiger partial charge in [0.1, 0.15) is 22.1 Å². The highest BCUT2D eigenvalue weighted by atomic mass is 32.1. The first-order valence-corrected chi connectivity index (χ1v) is 11.6. The number of methoxy groups -OCH3 is 1. The molecule has 1 saturated heterocycles. The molecule has 11 nitrogen and oxygen atoms in total. The zero-order valence-electron chi connectivity index (χ0n) is 19.3. The molecule has 0 aliphatic carbocycles. The monoisotopic (exact) mass is 538 g/mol. The van der Waals surface area contributed by atoms with Gasteiger partial charge < -0.3 is 30.1 Å². The third kappa shape index (κ3) is 6.18. The lowest BCUT2D eigenvalue weighted by molar-refractivity contribution is -0.137. The number of imide groups is 1. The van der Waals surface area contributed by atoms with Crippen LogP contribution < -0.4 is 25.6 Å². The van der Waals surface area contributed by atoms with Gasteiger partial charge in [-0.25, -0.2) is 9.78 Å². The zero-order valence-corrected chi connectivity index (χ0v) is 20.1. The van der Waals surface area contributed by atoms with Crippen LogP contribution in [-0.4, -0.2) is 60.5 Å². The number of ether oxygens (including phenoxy) is 2. The number of hydrogen-bond acceptors (Lipinski definition) is 10. The van der Waals surface area contributed by atoms with Crippen LogP contribution in [0.2, 0.25) is 0 Å². The third-order valence-corrected chi connectivity index (χ3v) is 6.09. The average molecular weight is 539 g/mol. The second kappa shape index (κ2) is 10.9. The van der Waals surface area contributed by atoms with Gasteiger partial charge in [-0.15, -0.1) is 11.3 Å². The van der Waals surface area contributed by atoms with E-state index in [0.29, 0.717) is 43.9 Å². The van der Waals surface area contributed by atoms with Gasteiger partial charge in [0.05, 0.1) is 31.6 Å². The lowest BCUT2D eigenvalue weighted by atomic mass is 10.2. The van der Waals surface area contributed by atoms with Crippen molar-refractivity contribution in [1.82, 2.24) is 15.3 Å². The summed E-state index contributed by atoms with van der Waals surface area (Å²) in [6, 6.07) is 6.60. The average Bonchev–Trinajstić information content (AvgIpc) is 3.32. The summed E-state index contributed by atoms with van der Waals surface area (Å²) in [4.78, 5) is 32.8. The summed E-state index contributed by atoms with van der Waals surface area (Å²) in [6.45, 7) is 2.62. The topological polar surface area (TPSA) is 138 Å². The van der Waals surface area contributed by atoms with Crippen molar-refractivity contribution >= 4 is 51.5 Å². The highest BCUT2D eigenvalue weighted by Gasteiger charge is 2.36. The molecule has 2 amide bonds. The molecule has 15 heteroatoms. The van der Waals surface area contributed by atoms with Gasteiger partial charge in [0, 0.05) is 31.0 Å². The minimum Gasteiger partial charge on any atom is -0.494 e. The van der Waals surface area contributed by atoms with Crippen LogP contribution in [0.15, 0.2) is 35.8 Å². The number of alkyl halides is 3. The van der Waals surface area contributed by atoms with Crippen molar-refractivity contribution in [3.63, 3.8) is 0 Å². The SMILES string of the molecule is COc1cc(N2CCOCC2)ccc1Nc1ncc(C(F)(F)F)c(Nc2sccc2C(=O)NC(=O)O)n1. The fourth-order valence-corrected chi connectivity index (χ4v) is 4.31. The standard InChI is InChI=1S/C22H21F3N6O5S/c1-35-16-10-12(31-5-7-36-8-6-31)2-3-15(16)27-20-26-11-14(22(23,24)25)17(29-20)28-19-13(4-9-37-19)18(32)30-21(33)34/h2-4,9-11H,5-8H2,1H3,(H,30,32)(H,33,34)(H2,26,27,28,29).